The van der Waals surface area contributed by atoms with E-state index in [1.54, 1.807) is 0 Å². The first-order valence-electron chi connectivity index (χ1n) is 5.49. The minimum Gasteiger partial charge on any atom is -0.486 e. The van der Waals surface area contributed by atoms with Crippen molar-refractivity contribution in [3.8, 4) is 5.75 Å². The first-order valence-corrected chi connectivity index (χ1v) is 7.99. The van der Waals surface area contributed by atoms with Gasteiger partial charge in [-0.1, -0.05) is 31.9 Å². The summed E-state index contributed by atoms with van der Waals surface area (Å²) < 4.78 is 13.6. The van der Waals surface area contributed by atoms with Crippen LogP contribution in [0.4, 0.5) is 0 Å². The van der Waals surface area contributed by atoms with Gasteiger partial charge >= 0.3 is 0 Å². The molecule has 0 bridgehead atoms. The second-order valence-corrected chi connectivity index (χ2v) is 6.85. The van der Waals surface area contributed by atoms with Crippen LogP contribution in [0.2, 0.25) is 0 Å². The van der Waals surface area contributed by atoms with Crippen LogP contribution >= 0.6 is 47.8 Å². The van der Waals surface area contributed by atoms with Gasteiger partial charge in [0.2, 0.25) is 0 Å². The first-order chi connectivity index (χ1) is 8.11. The van der Waals surface area contributed by atoms with Crippen molar-refractivity contribution in [1.29, 1.82) is 0 Å². The summed E-state index contributed by atoms with van der Waals surface area (Å²) in [5.41, 5.74) is 0. The third-order valence-electron chi connectivity index (χ3n) is 2.71. The highest BCUT2D eigenvalue weighted by Crippen LogP contribution is 2.37. The fourth-order valence-corrected chi connectivity index (χ4v) is 3.78. The summed E-state index contributed by atoms with van der Waals surface area (Å²) in [5.74, 6) is 0.863. The highest BCUT2D eigenvalue weighted by atomic mass is 79.9. The van der Waals surface area contributed by atoms with Gasteiger partial charge in [0.1, 0.15) is 18.0 Å². The number of rotatable bonds is 4. The molecular formula is C12H13Br3O2. The van der Waals surface area contributed by atoms with Gasteiger partial charge in [-0.05, 0) is 41.1 Å². The van der Waals surface area contributed by atoms with Gasteiger partial charge in [0.15, 0.2) is 0 Å². The van der Waals surface area contributed by atoms with E-state index in [1.165, 1.54) is 0 Å². The molecule has 0 saturated heterocycles. The first kappa shape index (κ1) is 13.8. The van der Waals surface area contributed by atoms with Gasteiger partial charge in [0.25, 0.3) is 0 Å². The van der Waals surface area contributed by atoms with E-state index in [0.717, 1.165) is 21.1 Å². The van der Waals surface area contributed by atoms with Crippen molar-refractivity contribution < 1.29 is 9.47 Å². The lowest BCUT2D eigenvalue weighted by molar-refractivity contribution is -0.0725. The number of hydrogen-bond donors (Lipinski definition) is 0. The number of halogens is 3. The van der Waals surface area contributed by atoms with E-state index in [2.05, 4.69) is 47.8 Å². The maximum Gasteiger partial charge on any atom is 0.134 e. The minimum atomic E-state index is 0.136. The van der Waals surface area contributed by atoms with Gasteiger partial charge in [-0.3, -0.25) is 0 Å². The van der Waals surface area contributed by atoms with Crippen LogP contribution in [0.1, 0.15) is 13.3 Å². The van der Waals surface area contributed by atoms with Crippen molar-refractivity contribution in [2.75, 3.05) is 6.61 Å². The fraction of sp³-hybridized carbons (Fsp3) is 0.500. The van der Waals surface area contributed by atoms with Crippen LogP contribution in [0, 0.1) is 0 Å². The van der Waals surface area contributed by atoms with Crippen LogP contribution < -0.4 is 4.74 Å². The zero-order valence-electron chi connectivity index (χ0n) is 9.33. The van der Waals surface area contributed by atoms with Crippen molar-refractivity contribution in [3.63, 3.8) is 0 Å². The van der Waals surface area contributed by atoms with Gasteiger partial charge in [-0.2, -0.15) is 0 Å². The quantitative estimate of drug-likeness (QED) is 0.656. The summed E-state index contributed by atoms with van der Waals surface area (Å²) >= 11 is 10.5. The van der Waals surface area contributed by atoms with Crippen molar-refractivity contribution in [2.45, 2.75) is 30.4 Å². The largest absolute Gasteiger partial charge is 0.486 e. The average Bonchev–Trinajstić information content (AvgIpc) is 2.28. The molecule has 5 heteroatoms. The molecule has 2 rings (SSSR count). The lowest BCUT2D eigenvalue weighted by atomic mass is 9.91. The van der Waals surface area contributed by atoms with Crippen LogP contribution in [-0.2, 0) is 4.74 Å². The summed E-state index contributed by atoms with van der Waals surface area (Å²) in [4.78, 5) is 0.404. The molecule has 94 valence electrons. The third kappa shape index (κ3) is 3.25. The van der Waals surface area contributed by atoms with E-state index in [1.807, 2.05) is 25.1 Å². The summed E-state index contributed by atoms with van der Waals surface area (Å²) in [5, 5.41) is 0. The Morgan fingerprint density at radius 3 is 2.71 bits per heavy atom. The zero-order chi connectivity index (χ0) is 12.4. The van der Waals surface area contributed by atoms with Crippen molar-refractivity contribution in [3.05, 3.63) is 27.1 Å². The minimum absolute atomic E-state index is 0.136. The smallest absolute Gasteiger partial charge is 0.134 e. The maximum absolute atomic E-state index is 5.95. The van der Waals surface area contributed by atoms with Gasteiger partial charge < -0.3 is 9.47 Å². The van der Waals surface area contributed by atoms with E-state index in [4.69, 9.17) is 9.47 Å². The van der Waals surface area contributed by atoms with E-state index in [9.17, 15) is 0 Å². The predicted molar refractivity (Wildman–Crippen MR) is 79.0 cm³/mol. The molecular weight excluding hydrogens is 416 g/mol. The van der Waals surface area contributed by atoms with Crippen LogP contribution in [-0.4, -0.2) is 23.6 Å². The molecule has 1 saturated carbocycles. The molecule has 1 aliphatic rings. The Labute approximate surface area is 126 Å². The molecule has 0 aromatic heterocycles. The standard InChI is InChI=1S/C12H13Br3O2/c1-2-16-12-9(15)6-11(12)17-10-4-3-7(13)5-8(10)14/h3-5,9,11-12H,2,6H2,1H3. The summed E-state index contributed by atoms with van der Waals surface area (Å²) in [6, 6.07) is 5.91. The molecule has 0 heterocycles. The molecule has 1 aromatic carbocycles. The van der Waals surface area contributed by atoms with Crippen LogP contribution in [0.15, 0.2) is 27.1 Å². The van der Waals surface area contributed by atoms with Gasteiger partial charge in [-0.15, -0.1) is 0 Å². The lowest BCUT2D eigenvalue weighted by Crippen LogP contribution is -2.52. The number of benzene rings is 1. The second-order valence-electron chi connectivity index (χ2n) is 3.90. The Hall–Kier alpha value is 0.420. The van der Waals surface area contributed by atoms with Gasteiger partial charge in [-0.25, -0.2) is 0 Å². The topological polar surface area (TPSA) is 18.5 Å². The SMILES string of the molecule is CCOC1C(Br)CC1Oc1ccc(Br)cc1Br. The molecule has 0 aliphatic heterocycles. The van der Waals surface area contributed by atoms with Crippen LogP contribution in [0.3, 0.4) is 0 Å². The number of alkyl halides is 1. The van der Waals surface area contributed by atoms with Gasteiger partial charge in [0, 0.05) is 22.3 Å². The Bertz CT molecular complexity index is 397. The molecule has 3 atom stereocenters. The van der Waals surface area contributed by atoms with E-state index in [-0.39, 0.29) is 12.2 Å². The van der Waals surface area contributed by atoms with Crippen molar-refractivity contribution >= 4 is 47.8 Å². The molecule has 1 aliphatic carbocycles. The highest BCUT2D eigenvalue weighted by Gasteiger charge is 2.42. The summed E-state index contributed by atoms with van der Waals surface area (Å²) in [6.07, 6.45) is 1.26. The lowest BCUT2D eigenvalue weighted by Gasteiger charge is -2.40. The molecule has 0 amide bonds. The molecule has 0 radical (unpaired) electrons. The molecule has 1 fully saturated rings. The number of hydrogen-bond acceptors (Lipinski definition) is 2. The summed E-state index contributed by atoms with van der Waals surface area (Å²) in [7, 11) is 0. The fourth-order valence-electron chi connectivity index (χ4n) is 1.78. The second kappa shape index (κ2) is 6.04. The Morgan fingerprint density at radius 2 is 2.12 bits per heavy atom. The average molecular weight is 429 g/mol. The maximum atomic E-state index is 5.95. The monoisotopic (exact) mass is 426 g/mol. The number of ether oxygens (including phenoxy) is 2. The molecule has 3 unspecified atom stereocenters. The van der Waals surface area contributed by atoms with Crippen molar-refractivity contribution in [2.24, 2.45) is 0 Å². The predicted octanol–water partition coefficient (Wildman–Crippen LogP) is 4.53. The van der Waals surface area contributed by atoms with Crippen LogP contribution in [0.25, 0.3) is 0 Å². The van der Waals surface area contributed by atoms with Crippen molar-refractivity contribution in [1.82, 2.24) is 0 Å². The van der Waals surface area contributed by atoms with E-state index < -0.39 is 0 Å². The highest BCUT2D eigenvalue weighted by molar-refractivity contribution is 9.11. The molecule has 17 heavy (non-hydrogen) atoms. The molecule has 2 nitrogen and oxygen atoms in total. The van der Waals surface area contributed by atoms with E-state index >= 15 is 0 Å². The Kier molecular flexibility index (Phi) is 4.92. The third-order valence-corrected chi connectivity index (χ3v) is 4.72. The Balaban J connectivity index is 2.01. The Morgan fingerprint density at radius 1 is 1.35 bits per heavy atom. The molecule has 0 spiro atoms. The normalized spacial score (nSPS) is 27.6. The molecule has 0 N–H and O–H groups in total. The molecule has 1 aromatic rings. The van der Waals surface area contributed by atoms with E-state index in [0.29, 0.717) is 11.4 Å². The van der Waals surface area contributed by atoms with Gasteiger partial charge in [0.05, 0.1) is 4.47 Å². The van der Waals surface area contributed by atoms with Crippen LogP contribution in [0.5, 0.6) is 5.75 Å². The zero-order valence-corrected chi connectivity index (χ0v) is 14.1. The summed E-state index contributed by atoms with van der Waals surface area (Å²) in [6.45, 7) is 2.72.